The number of hydrogen-bond donors (Lipinski definition) is 0. The zero-order chi connectivity index (χ0) is 5.91. The third kappa shape index (κ3) is 5.33. The van der Waals surface area contributed by atoms with E-state index in [1.165, 1.54) is 0 Å². The Morgan fingerprint density at radius 1 is 1.29 bits per heavy atom. The number of rotatable bonds is 0. The predicted molar refractivity (Wildman–Crippen MR) is 15.9 cm³/mol. The van der Waals surface area contributed by atoms with Crippen LogP contribution in [0.1, 0.15) is 0 Å². The van der Waals surface area contributed by atoms with E-state index in [4.69, 9.17) is 5.11 Å². The van der Waals surface area contributed by atoms with E-state index in [0.29, 0.717) is 0 Å². The van der Waals surface area contributed by atoms with Crippen LogP contribution >= 0.6 is 0 Å². The molecule has 0 bridgehead atoms. The first-order valence-electron chi connectivity index (χ1n) is 1.42. The molecule has 4 heteroatoms. The van der Waals surface area contributed by atoms with Crippen LogP contribution in [0.5, 0.6) is 0 Å². The highest BCUT2D eigenvalue weighted by molar-refractivity contribution is 4.80. The minimum Gasteiger partial charge on any atom is -0.299 e. The van der Waals surface area contributed by atoms with Crippen molar-refractivity contribution in [2.24, 2.45) is 0 Å². The van der Waals surface area contributed by atoms with Crippen LogP contribution in [0.15, 0.2) is 12.3 Å². The molecule has 0 aliphatic rings. The van der Waals surface area contributed by atoms with Crippen molar-refractivity contribution in [3.8, 4) is 0 Å². The number of halogens is 3. The van der Waals surface area contributed by atoms with Gasteiger partial charge in [0, 0.05) is 0 Å². The van der Waals surface area contributed by atoms with Crippen LogP contribution in [0.2, 0.25) is 0 Å². The molecule has 0 spiro atoms. The van der Waals surface area contributed by atoms with Gasteiger partial charge in [-0.1, -0.05) is 0 Å². The zero-order valence-corrected chi connectivity index (χ0v) is 3.20. The van der Waals surface area contributed by atoms with Gasteiger partial charge in [0.25, 0.3) is 0 Å². The summed E-state index contributed by atoms with van der Waals surface area (Å²) in [5.41, 5.74) is 0. The monoisotopic (exact) mass is 111 g/mol. The number of hydrogen-bond acceptors (Lipinski definition) is 0. The standard InChI is InChI=1S/C3H2F3O/c4-3(5,6)1-2-7/h1-2H. The summed E-state index contributed by atoms with van der Waals surface area (Å²) >= 11 is 0. The summed E-state index contributed by atoms with van der Waals surface area (Å²) in [6, 6.07) is 0. The largest absolute Gasteiger partial charge is 0.412 e. The van der Waals surface area contributed by atoms with Crippen LogP contribution in [0.4, 0.5) is 13.2 Å². The van der Waals surface area contributed by atoms with Gasteiger partial charge in [0.15, 0.2) is 0 Å². The van der Waals surface area contributed by atoms with Crippen molar-refractivity contribution >= 4 is 0 Å². The summed E-state index contributed by atoms with van der Waals surface area (Å²) in [6.45, 7) is 0. The Hall–Kier alpha value is -0.670. The highest BCUT2D eigenvalue weighted by Gasteiger charge is 2.21. The molecule has 1 radical (unpaired) electrons. The lowest BCUT2D eigenvalue weighted by molar-refractivity contribution is -0.0815. The van der Waals surface area contributed by atoms with E-state index in [0.717, 1.165) is 0 Å². The van der Waals surface area contributed by atoms with E-state index in [2.05, 4.69) is 0 Å². The summed E-state index contributed by atoms with van der Waals surface area (Å²) < 4.78 is 32.3. The van der Waals surface area contributed by atoms with Gasteiger partial charge >= 0.3 is 6.18 Å². The van der Waals surface area contributed by atoms with Crippen molar-refractivity contribution in [1.29, 1.82) is 0 Å². The molecular weight excluding hydrogens is 109 g/mol. The lowest BCUT2D eigenvalue weighted by Gasteiger charge is -1.91. The molecule has 7 heavy (non-hydrogen) atoms. The molecule has 0 aromatic carbocycles. The van der Waals surface area contributed by atoms with Crippen LogP contribution < -0.4 is 0 Å². The fourth-order valence-corrected chi connectivity index (χ4v) is 0.0772. The second kappa shape index (κ2) is 1.86. The van der Waals surface area contributed by atoms with Gasteiger partial charge in [-0.05, 0) is 0 Å². The van der Waals surface area contributed by atoms with Crippen molar-refractivity contribution in [3.05, 3.63) is 12.3 Å². The van der Waals surface area contributed by atoms with Gasteiger partial charge in [-0.15, -0.1) is 0 Å². The van der Waals surface area contributed by atoms with Crippen LogP contribution in [0, 0.1) is 0 Å². The SMILES string of the molecule is [O]C=CC(F)(F)F. The minimum absolute atomic E-state index is 0.292. The topological polar surface area (TPSA) is 19.9 Å². The summed E-state index contributed by atoms with van der Waals surface area (Å²) in [5, 5.41) is 9.04. The normalized spacial score (nSPS) is 13.0. The first kappa shape index (κ1) is 6.33. The molecule has 0 unspecified atom stereocenters. The number of allylic oxidation sites excluding steroid dienone is 1. The molecule has 0 saturated carbocycles. The maximum absolute atomic E-state index is 10.8. The first-order chi connectivity index (χ1) is 3.06. The predicted octanol–water partition coefficient (Wildman–Crippen LogP) is 1.49. The Morgan fingerprint density at radius 2 is 1.71 bits per heavy atom. The number of alkyl halides is 3. The van der Waals surface area contributed by atoms with Crippen LogP contribution in [0.3, 0.4) is 0 Å². The van der Waals surface area contributed by atoms with Crippen LogP contribution in [-0.2, 0) is 5.11 Å². The lowest BCUT2D eigenvalue weighted by atomic mass is 10.6. The molecule has 0 amide bonds. The van der Waals surface area contributed by atoms with Crippen molar-refractivity contribution in [2.45, 2.75) is 6.18 Å². The average molecular weight is 111 g/mol. The highest BCUT2D eigenvalue weighted by Crippen LogP contribution is 2.14. The van der Waals surface area contributed by atoms with Gasteiger partial charge in [0.2, 0.25) is 0 Å². The van der Waals surface area contributed by atoms with Crippen molar-refractivity contribution in [3.63, 3.8) is 0 Å². The van der Waals surface area contributed by atoms with Crippen molar-refractivity contribution in [2.75, 3.05) is 0 Å². The smallest absolute Gasteiger partial charge is 0.299 e. The average Bonchev–Trinajstić information content (AvgIpc) is 1.30. The molecule has 1 nitrogen and oxygen atoms in total. The van der Waals surface area contributed by atoms with Gasteiger partial charge in [-0.3, -0.25) is 5.11 Å². The van der Waals surface area contributed by atoms with E-state index in [1.807, 2.05) is 0 Å². The zero-order valence-electron chi connectivity index (χ0n) is 3.20. The van der Waals surface area contributed by atoms with Crippen LogP contribution in [-0.4, -0.2) is 6.18 Å². The van der Waals surface area contributed by atoms with Gasteiger partial charge < -0.3 is 0 Å². The molecule has 0 aliphatic carbocycles. The third-order valence-corrected chi connectivity index (χ3v) is 0.257. The van der Waals surface area contributed by atoms with E-state index in [1.54, 1.807) is 0 Å². The van der Waals surface area contributed by atoms with E-state index < -0.39 is 6.18 Å². The Labute approximate surface area is 38.1 Å². The second-order valence-electron chi connectivity index (χ2n) is 0.844. The molecule has 0 saturated heterocycles. The third-order valence-electron chi connectivity index (χ3n) is 0.257. The fraction of sp³-hybridized carbons (Fsp3) is 0.333. The van der Waals surface area contributed by atoms with Crippen LogP contribution in [0.25, 0.3) is 0 Å². The first-order valence-corrected chi connectivity index (χ1v) is 1.42. The molecule has 41 valence electrons. The van der Waals surface area contributed by atoms with E-state index >= 15 is 0 Å². The Morgan fingerprint density at radius 3 is 1.71 bits per heavy atom. The molecule has 0 aromatic rings. The molecule has 0 aromatic heterocycles. The molecule has 0 fully saturated rings. The van der Waals surface area contributed by atoms with E-state index in [-0.39, 0.29) is 12.3 Å². The van der Waals surface area contributed by atoms with Gasteiger partial charge in [0.1, 0.15) is 6.26 Å². The van der Waals surface area contributed by atoms with Gasteiger partial charge in [-0.2, -0.15) is 13.2 Å². The minimum atomic E-state index is -4.44. The van der Waals surface area contributed by atoms with Crippen molar-refractivity contribution in [1.82, 2.24) is 0 Å². The summed E-state index contributed by atoms with van der Waals surface area (Å²) in [4.78, 5) is 0. The Balaban J connectivity index is 3.56. The lowest BCUT2D eigenvalue weighted by Crippen LogP contribution is -1.99. The molecule has 0 heterocycles. The Kier molecular flexibility index (Phi) is 1.68. The fourth-order valence-electron chi connectivity index (χ4n) is 0.0772. The van der Waals surface area contributed by atoms with Crippen molar-refractivity contribution < 1.29 is 18.3 Å². The molecule has 0 atom stereocenters. The summed E-state index contributed by atoms with van der Waals surface area (Å²) in [7, 11) is 0. The summed E-state index contributed by atoms with van der Waals surface area (Å²) in [5.74, 6) is 0. The quantitative estimate of drug-likeness (QED) is 0.422. The highest BCUT2D eigenvalue weighted by atomic mass is 19.4. The van der Waals surface area contributed by atoms with Gasteiger partial charge in [0.05, 0.1) is 6.08 Å². The second-order valence-corrected chi connectivity index (χ2v) is 0.844. The molecule has 0 N–H and O–H groups in total. The molecular formula is C3H2F3O. The van der Waals surface area contributed by atoms with E-state index in [9.17, 15) is 13.2 Å². The maximum atomic E-state index is 10.8. The summed E-state index contributed by atoms with van der Waals surface area (Å²) in [6.07, 6.45) is -5.10. The molecule has 0 rings (SSSR count). The maximum Gasteiger partial charge on any atom is 0.412 e. The molecule has 0 aliphatic heterocycles. The van der Waals surface area contributed by atoms with Gasteiger partial charge in [-0.25, -0.2) is 0 Å². The Bertz CT molecular complexity index is 72.7.